The third-order valence-corrected chi connectivity index (χ3v) is 5.90. The minimum absolute atomic E-state index is 0.194. The van der Waals surface area contributed by atoms with E-state index < -0.39 is 15.6 Å². The first kappa shape index (κ1) is 18.9. The Hall–Kier alpha value is -1.85. The molecule has 1 aliphatic rings. The summed E-state index contributed by atoms with van der Waals surface area (Å²) in [5.41, 5.74) is -3.22. The zero-order valence-corrected chi connectivity index (χ0v) is 15.1. The van der Waals surface area contributed by atoms with Crippen molar-refractivity contribution in [2.75, 3.05) is 12.3 Å². The number of benzene rings is 2. The summed E-state index contributed by atoms with van der Waals surface area (Å²) in [6.45, 7) is 0. The van der Waals surface area contributed by atoms with Gasteiger partial charge in [0, 0.05) is 24.1 Å². The summed E-state index contributed by atoms with van der Waals surface area (Å²) in [5.74, 6) is -0.347. The van der Waals surface area contributed by atoms with Crippen molar-refractivity contribution in [3.63, 3.8) is 0 Å². The van der Waals surface area contributed by atoms with Crippen molar-refractivity contribution in [2.45, 2.75) is 21.7 Å². The molecule has 1 aliphatic heterocycles. The molecule has 5 nitrogen and oxygen atoms in total. The average Bonchev–Trinajstić information content (AvgIpc) is 2.58. The number of nitrogens with one attached hydrogen (secondary N) is 1. The molecule has 1 heterocycles. The largest absolute Gasteiger partial charge is 0.534 e. The number of alkyl halides is 3. The van der Waals surface area contributed by atoms with Crippen LogP contribution >= 0.6 is 11.8 Å². The van der Waals surface area contributed by atoms with Crippen LogP contribution in [0.3, 0.4) is 0 Å². The van der Waals surface area contributed by atoms with E-state index in [1.807, 2.05) is 18.2 Å². The Balaban J connectivity index is 2.06. The van der Waals surface area contributed by atoms with Crippen LogP contribution in [0.15, 0.2) is 46.2 Å². The number of hydrogen-bond acceptors (Lipinski definition) is 6. The number of rotatable bonds is 5. The molecule has 2 aromatic carbocycles. The molecule has 11 heteroatoms. The maximum Gasteiger partial charge on any atom is 0.534 e. The van der Waals surface area contributed by atoms with Crippen LogP contribution in [-0.2, 0) is 21.2 Å². The second kappa shape index (κ2) is 7.05. The van der Waals surface area contributed by atoms with Gasteiger partial charge in [0.1, 0.15) is 0 Å². The van der Waals surface area contributed by atoms with Crippen molar-refractivity contribution < 1.29 is 30.4 Å². The molecule has 1 N–H and O–H groups in total. The van der Waals surface area contributed by atoms with E-state index in [4.69, 9.17) is 4.65 Å². The van der Waals surface area contributed by atoms with Gasteiger partial charge in [-0.3, -0.25) is 0 Å². The lowest BCUT2D eigenvalue weighted by atomic mass is 10.0. The fraction of sp³-hybridized carbons (Fsp3) is 0.200. The van der Waals surface area contributed by atoms with Crippen LogP contribution < -0.4 is 9.41 Å². The second-order valence-electron chi connectivity index (χ2n) is 5.40. The molecule has 0 radical (unpaired) electrons. The summed E-state index contributed by atoms with van der Waals surface area (Å²) in [6.07, 6.45) is 0.424. The van der Waals surface area contributed by atoms with Gasteiger partial charge in [0.05, 0.1) is 4.90 Å². The van der Waals surface area contributed by atoms with Crippen LogP contribution in [-0.4, -0.2) is 28.7 Å². The van der Waals surface area contributed by atoms with Crippen molar-refractivity contribution in [1.82, 2.24) is 0 Å². The first-order valence-electron chi connectivity index (χ1n) is 7.38. The van der Waals surface area contributed by atoms with E-state index in [2.05, 4.69) is 9.41 Å². The van der Waals surface area contributed by atoms with Crippen LogP contribution in [0.2, 0.25) is 0 Å². The van der Waals surface area contributed by atoms with E-state index in [9.17, 15) is 21.6 Å². The molecular formula is C15H13BF3NO4S2. The minimum atomic E-state index is -5.75. The quantitative estimate of drug-likeness (QED) is 0.401. The van der Waals surface area contributed by atoms with E-state index in [0.717, 1.165) is 10.5 Å². The number of anilines is 1. The summed E-state index contributed by atoms with van der Waals surface area (Å²) < 4.78 is 70.3. The van der Waals surface area contributed by atoms with Crippen LogP contribution in [0.5, 0.6) is 5.75 Å². The second-order valence-corrected chi connectivity index (χ2v) is 7.99. The number of hydrogen-bond donors (Lipinski definition) is 1. The maximum atomic E-state index is 12.7. The highest BCUT2D eigenvalue weighted by Gasteiger charge is 2.49. The summed E-state index contributed by atoms with van der Waals surface area (Å²) in [4.78, 5) is 1.16. The summed E-state index contributed by atoms with van der Waals surface area (Å²) in [7, 11) is -4.06. The zero-order chi connectivity index (χ0) is 18.9. The van der Waals surface area contributed by atoms with Gasteiger partial charge in [-0.15, -0.1) is 0 Å². The minimum Gasteiger partial charge on any atom is -0.422 e. The normalized spacial score (nSPS) is 13.5. The van der Waals surface area contributed by atoms with Gasteiger partial charge in [-0.2, -0.15) is 21.6 Å². The molecule has 0 bridgehead atoms. The molecule has 0 fully saturated rings. The van der Waals surface area contributed by atoms with Crippen LogP contribution in [0.1, 0.15) is 11.1 Å². The van der Waals surface area contributed by atoms with Crippen LogP contribution in [0, 0.1) is 0 Å². The van der Waals surface area contributed by atoms with Crippen molar-refractivity contribution in [1.29, 1.82) is 0 Å². The molecule has 26 heavy (non-hydrogen) atoms. The first-order valence-corrected chi connectivity index (χ1v) is 9.60. The topological polar surface area (TPSA) is 64.6 Å². The van der Waals surface area contributed by atoms with E-state index >= 15 is 0 Å². The molecule has 0 saturated heterocycles. The van der Waals surface area contributed by atoms with Crippen LogP contribution in [0.4, 0.5) is 18.9 Å². The van der Waals surface area contributed by atoms with Gasteiger partial charge in [-0.1, -0.05) is 30.0 Å². The third kappa shape index (κ3) is 3.65. The molecule has 0 atom stereocenters. The van der Waals surface area contributed by atoms with Gasteiger partial charge in [0.15, 0.2) is 5.75 Å². The smallest absolute Gasteiger partial charge is 0.422 e. The summed E-state index contributed by atoms with van der Waals surface area (Å²) in [6, 6.07) is 10.1. The lowest BCUT2D eigenvalue weighted by Crippen LogP contribution is -2.28. The number of halogens is 3. The van der Waals surface area contributed by atoms with Crippen molar-refractivity contribution >= 4 is 35.2 Å². The van der Waals surface area contributed by atoms with E-state index in [-0.39, 0.29) is 13.4 Å². The van der Waals surface area contributed by atoms with Gasteiger partial charge in [-0.05, 0) is 29.3 Å². The standard InChI is InChI=1S/C15H13BF3NO4S2/c1-23-16-20-11-6-7-12(24-26(21,22)15(17,18)19)14-10(11)8-9-4-2-3-5-13(9)25-14/h2-7,16,20H,8H2,1H3. The Morgan fingerprint density at radius 2 is 1.92 bits per heavy atom. The maximum absolute atomic E-state index is 12.7. The summed E-state index contributed by atoms with van der Waals surface area (Å²) in [5, 5.41) is 3.01. The van der Waals surface area contributed by atoms with Crippen molar-refractivity contribution in [2.24, 2.45) is 0 Å². The van der Waals surface area contributed by atoms with Crippen molar-refractivity contribution in [3.8, 4) is 5.75 Å². The van der Waals surface area contributed by atoms with E-state index in [1.54, 1.807) is 6.07 Å². The molecular weight excluding hydrogens is 390 g/mol. The molecule has 0 saturated carbocycles. The van der Waals surface area contributed by atoms with Gasteiger partial charge in [0.25, 0.3) is 0 Å². The lowest BCUT2D eigenvalue weighted by molar-refractivity contribution is -0.0500. The van der Waals surface area contributed by atoms with E-state index in [1.165, 1.54) is 31.0 Å². The Morgan fingerprint density at radius 1 is 1.19 bits per heavy atom. The molecule has 3 rings (SSSR count). The average molecular weight is 403 g/mol. The van der Waals surface area contributed by atoms with Gasteiger partial charge in [0.2, 0.25) is 0 Å². The molecule has 0 unspecified atom stereocenters. The highest BCUT2D eigenvalue weighted by Crippen LogP contribution is 2.47. The van der Waals surface area contributed by atoms with Gasteiger partial charge in [-0.25, -0.2) is 0 Å². The molecule has 0 aliphatic carbocycles. The fourth-order valence-electron chi connectivity index (χ4n) is 2.49. The predicted octanol–water partition coefficient (Wildman–Crippen LogP) is 3.30. The molecule has 0 amide bonds. The zero-order valence-electron chi connectivity index (χ0n) is 13.5. The summed E-state index contributed by atoms with van der Waals surface area (Å²) >= 11 is 1.17. The number of fused-ring (bicyclic) bond motifs is 2. The molecule has 2 aromatic rings. The lowest BCUT2D eigenvalue weighted by Gasteiger charge is -2.24. The van der Waals surface area contributed by atoms with Crippen molar-refractivity contribution in [3.05, 3.63) is 47.5 Å². The van der Waals surface area contributed by atoms with Gasteiger partial charge < -0.3 is 14.1 Å². The Bertz CT molecular complexity index is 935. The fourth-order valence-corrected chi connectivity index (χ4v) is 4.17. The highest BCUT2D eigenvalue weighted by molar-refractivity contribution is 7.99. The Morgan fingerprint density at radius 3 is 2.62 bits per heavy atom. The third-order valence-electron chi connectivity index (χ3n) is 3.67. The first-order chi connectivity index (χ1) is 12.2. The predicted molar refractivity (Wildman–Crippen MR) is 93.2 cm³/mol. The molecule has 0 spiro atoms. The monoisotopic (exact) mass is 403 g/mol. The van der Waals surface area contributed by atoms with Crippen LogP contribution in [0.25, 0.3) is 0 Å². The molecule has 138 valence electrons. The van der Waals surface area contributed by atoms with E-state index in [0.29, 0.717) is 22.6 Å². The molecule has 0 aromatic heterocycles. The Kier molecular flexibility index (Phi) is 5.13. The highest BCUT2D eigenvalue weighted by atomic mass is 32.2. The van der Waals surface area contributed by atoms with Gasteiger partial charge >= 0.3 is 23.2 Å². The SMILES string of the molecule is COBNc1ccc(OS(=O)(=O)C(F)(F)F)c2c1Cc1ccccc1S2. The Labute approximate surface area is 153 Å².